The third-order valence-electron chi connectivity index (χ3n) is 3.74. The molecule has 0 aliphatic heterocycles. The van der Waals surface area contributed by atoms with Crippen LogP contribution in [-0.4, -0.2) is 29.5 Å². The third-order valence-corrected chi connectivity index (χ3v) is 3.74. The molecule has 1 heterocycles. The van der Waals surface area contributed by atoms with Gasteiger partial charge in [-0.3, -0.25) is 0 Å². The Bertz CT molecular complexity index is 619. The first-order chi connectivity index (χ1) is 11.2. The molecule has 0 saturated heterocycles. The summed E-state index contributed by atoms with van der Waals surface area (Å²) in [6, 6.07) is 1.19. The Morgan fingerprint density at radius 2 is 1.80 bits per heavy atom. The molecule has 25 heavy (non-hydrogen) atoms. The lowest BCUT2D eigenvalue weighted by atomic mass is 9.83. The van der Waals surface area contributed by atoms with Crippen LogP contribution in [0.1, 0.15) is 38.3 Å². The van der Waals surface area contributed by atoms with Gasteiger partial charge in [0, 0.05) is 11.6 Å². The van der Waals surface area contributed by atoms with Gasteiger partial charge < -0.3 is 10.1 Å². The normalized spacial score (nSPS) is 18.7. The molecule has 1 aliphatic rings. The van der Waals surface area contributed by atoms with E-state index in [4.69, 9.17) is 0 Å². The summed E-state index contributed by atoms with van der Waals surface area (Å²) in [5.41, 5.74) is 0.479. The monoisotopic (exact) mass is 370 g/mol. The quantitative estimate of drug-likeness (QED) is 0.769. The molecule has 0 saturated carbocycles. The fraction of sp³-hybridized carbons (Fsp3) is 0.688. The maximum absolute atomic E-state index is 13.0. The number of pyridine rings is 1. The van der Waals surface area contributed by atoms with Crippen LogP contribution in [0.3, 0.4) is 0 Å². The Kier molecular flexibility index (Phi) is 5.16. The number of nitrogens with zero attached hydrogens (tertiary/aromatic N) is 1. The van der Waals surface area contributed by atoms with Crippen LogP contribution < -0.4 is 10.1 Å². The van der Waals surface area contributed by atoms with E-state index < -0.39 is 30.4 Å². The number of nitrogens with one attached hydrogen (secondary N) is 1. The van der Waals surface area contributed by atoms with E-state index in [-0.39, 0.29) is 31.0 Å². The summed E-state index contributed by atoms with van der Waals surface area (Å²) in [5.74, 6) is -1.56. The number of hydrogen-bond acceptors (Lipinski definition) is 3. The lowest BCUT2D eigenvalue weighted by molar-refractivity contribution is -0.177. The SMILES string of the molecule is CC(C)(C)Nc1nc(OCC(F)(F)F)cc2c1CCC(C(F)(F)F)C2. The highest BCUT2D eigenvalue weighted by atomic mass is 19.4. The predicted molar refractivity (Wildman–Crippen MR) is 80.7 cm³/mol. The van der Waals surface area contributed by atoms with E-state index in [9.17, 15) is 26.3 Å². The van der Waals surface area contributed by atoms with Gasteiger partial charge in [0.25, 0.3) is 0 Å². The molecule has 1 aromatic rings. The Morgan fingerprint density at radius 1 is 1.16 bits per heavy atom. The molecule has 1 N–H and O–H groups in total. The second-order valence-electron chi connectivity index (χ2n) is 7.21. The predicted octanol–water partition coefficient (Wildman–Crippen LogP) is 4.90. The van der Waals surface area contributed by atoms with E-state index in [1.54, 1.807) is 0 Å². The van der Waals surface area contributed by atoms with Gasteiger partial charge in [-0.25, -0.2) is 0 Å². The summed E-state index contributed by atoms with van der Waals surface area (Å²) < 4.78 is 80.7. The molecular weight excluding hydrogens is 350 g/mol. The molecule has 3 nitrogen and oxygen atoms in total. The topological polar surface area (TPSA) is 34.2 Å². The van der Waals surface area contributed by atoms with Gasteiger partial charge in [-0.15, -0.1) is 0 Å². The Balaban J connectivity index is 2.36. The number of alkyl halides is 6. The number of hydrogen-bond donors (Lipinski definition) is 1. The second-order valence-corrected chi connectivity index (χ2v) is 7.21. The van der Waals surface area contributed by atoms with Crippen molar-refractivity contribution in [2.45, 2.75) is 57.9 Å². The average molecular weight is 370 g/mol. The molecule has 0 amide bonds. The number of fused-ring (bicyclic) bond motifs is 1. The first-order valence-electron chi connectivity index (χ1n) is 7.82. The molecule has 9 heteroatoms. The molecule has 0 fully saturated rings. The van der Waals surface area contributed by atoms with Crippen molar-refractivity contribution in [2.75, 3.05) is 11.9 Å². The molecule has 1 aromatic heterocycles. The Hall–Kier alpha value is -1.67. The first-order valence-corrected chi connectivity index (χ1v) is 7.82. The van der Waals surface area contributed by atoms with E-state index in [2.05, 4.69) is 15.0 Å². The van der Waals surface area contributed by atoms with Crippen LogP contribution in [0.15, 0.2) is 6.07 Å². The Labute approximate surface area is 141 Å². The van der Waals surface area contributed by atoms with E-state index in [1.165, 1.54) is 6.07 Å². The van der Waals surface area contributed by atoms with Crippen LogP contribution in [0.2, 0.25) is 0 Å². The van der Waals surface area contributed by atoms with Gasteiger partial charge in [0.2, 0.25) is 5.88 Å². The lowest BCUT2D eigenvalue weighted by Gasteiger charge is -2.30. The van der Waals surface area contributed by atoms with Crippen LogP contribution >= 0.6 is 0 Å². The zero-order chi connectivity index (χ0) is 19.0. The minimum absolute atomic E-state index is 0.0697. The van der Waals surface area contributed by atoms with E-state index >= 15 is 0 Å². The van der Waals surface area contributed by atoms with Gasteiger partial charge in [0.15, 0.2) is 6.61 Å². The van der Waals surface area contributed by atoms with Crippen LogP contribution in [-0.2, 0) is 12.8 Å². The van der Waals surface area contributed by atoms with Crippen molar-refractivity contribution >= 4 is 5.82 Å². The summed E-state index contributed by atoms with van der Waals surface area (Å²) in [7, 11) is 0. The van der Waals surface area contributed by atoms with Crippen LogP contribution in [0.5, 0.6) is 5.88 Å². The van der Waals surface area contributed by atoms with Crippen molar-refractivity contribution < 1.29 is 31.1 Å². The minimum atomic E-state index is -4.55. The molecule has 142 valence electrons. The lowest BCUT2D eigenvalue weighted by Crippen LogP contribution is -2.32. The maximum atomic E-state index is 13.0. The zero-order valence-corrected chi connectivity index (χ0v) is 14.1. The zero-order valence-electron chi connectivity index (χ0n) is 14.1. The van der Waals surface area contributed by atoms with Crippen molar-refractivity contribution in [2.24, 2.45) is 5.92 Å². The van der Waals surface area contributed by atoms with E-state index in [0.29, 0.717) is 11.1 Å². The molecular formula is C16H20F6N2O. The van der Waals surface area contributed by atoms with Crippen LogP contribution in [0.25, 0.3) is 0 Å². The number of ether oxygens (including phenoxy) is 1. The summed E-state index contributed by atoms with van der Waals surface area (Å²) in [6.07, 6.45) is -9.10. The molecule has 0 spiro atoms. The molecule has 0 radical (unpaired) electrons. The number of aromatic nitrogens is 1. The van der Waals surface area contributed by atoms with Crippen molar-refractivity contribution in [3.05, 3.63) is 17.2 Å². The van der Waals surface area contributed by atoms with Crippen molar-refractivity contribution in [1.82, 2.24) is 4.98 Å². The summed E-state index contributed by atoms with van der Waals surface area (Å²) in [6.45, 7) is 3.93. The van der Waals surface area contributed by atoms with Gasteiger partial charge in [0.05, 0.1) is 5.92 Å². The smallest absolute Gasteiger partial charge is 0.422 e. The highest BCUT2D eigenvalue weighted by Gasteiger charge is 2.42. The van der Waals surface area contributed by atoms with E-state index in [0.717, 1.165) is 0 Å². The van der Waals surface area contributed by atoms with Crippen molar-refractivity contribution in [1.29, 1.82) is 0 Å². The van der Waals surface area contributed by atoms with E-state index in [1.807, 2.05) is 20.8 Å². The van der Waals surface area contributed by atoms with Crippen molar-refractivity contribution in [3.8, 4) is 5.88 Å². The van der Waals surface area contributed by atoms with Crippen molar-refractivity contribution in [3.63, 3.8) is 0 Å². The van der Waals surface area contributed by atoms with Gasteiger partial charge in [-0.2, -0.15) is 31.3 Å². The highest BCUT2D eigenvalue weighted by molar-refractivity contribution is 5.53. The van der Waals surface area contributed by atoms with Gasteiger partial charge >= 0.3 is 12.4 Å². The van der Waals surface area contributed by atoms with Gasteiger partial charge in [-0.05, 0) is 51.2 Å². The molecule has 1 atom stereocenters. The fourth-order valence-corrected chi connectivity index (χ4v) is 2.71. The standard InChI is InChI=1S/C16H20F6N2O/c1-14(2,3)24-13-11-5-4-10(16(20,21)22)6-9(11)7-12(23-13)25-8-15(17,18)19/h7,10H,4-6,8H2,1-3H3,(H,23,24). The number of rotatable bonds is 3. The number of anilines is 1. The number of halogens is 6. The maximum Gasteiger partial charge on any atom is 0.422 e. The molecule has 0 bridgehead atoms. The first kappa shape index (κ1) is 19.7. The minimum Gasteiger partial charge on any atom is -0.468 e. The van der Waals surface area contributed by atoms with Crippen LogP contribution in [0, 0.1) is 5.92 Å². The summed E-state index contributed by atoms with van der Waals surface area (Å²) in [4.78, 5) is 4.05. The largest absolute Gasteiger partial charge is 0.468 e. The molecule has 1 aliphatic carbocycles. The molecule has 2 rings (SSSR count). The molecule has 1 unspecified atom stereocenters. The fourth-order valence-electron chi connectivity index (χ4n) is 2.71. The van der Waals surface area contributed by atoms with Gasteiger partial charge in [-0.1, -0.05) is 0 Å². The summed E-state index contributed by atoms with van der Waals surface area (Å²) >= 11 is 0. The Morgan fingerprint density at radius 3 is 2.32 bits per heavy atom. The average Bonchev–Trinajstić information content (AvgIpc) is 2.41. The third kappa shape index (κ3) is 5.67. The highest BCUT2D eigenvalue weighted by Crippen LogP contribution is 2.40. The summed E-state index contributed by atoms with van der Waals surface area (Å²) in [5, 5.41) is 3.05. The molecule has 0 aromatic carbocycles. The van der Waals surface area contributed by atoms with Crippen LogP contribution in [0.4, 0.5) is 32.2 Å². The van der Waals surface area contributed by atoms with Gasteiger partial charge in [0.1, 0.15) is 5.82 Å². The second kappa shape index (κ2) is 6.57.